The number of amides is 1. The van der Waals surface area contributed by atoms with Gasteiger partial charge in [0.25, 0.3) is 0 Å². The van der Waals surface area contributed by atoms with E-state index in [1.165, 1.54) is 7.11 Å². The molecule has 0 radical (unpaired) electrons. The van der Waals surface area contributed by atoms with Gasteiger partial charge in [0.2, 0.25) is 5.91 Å². The number of hydrogen-bond donors (Lipinski definition) is 2. The number of hydrogen-bond acceptors (Lipinski definition) is 5. The fourth-order valence-corrected chi connectivity index (χ4v) is 2.56. The minimum Gasteiger partial charge on any atom is -0.493 e. The summed E-state index contributed by atoms with van der Waals surface area (Å²) in [4.78, 5) is 24.1. The molecule has 0 aliphatic carbocycles. The van der Waals surface area contributed by atoms with Gasteiger partial charge in [0, 0.05) is 13.0 Å². The summed E-state index contributed by atoms with van der Waals surface area (Å²) in [7, 11) is 1.51. The standard InChI is InChI=1S/C23H36N2O4/c1-16(2)10-8-6-7-9-11-21(26)25-15-18-12-13-19(20(14-18)28-5)29-23(27)22(24)17(3)4/h8,10,12-14,16-17,22H,6-7,9,11,15,24H2,1-5H3,(H,25,26)/b10-8+. The lowest BCUT2D eigenvalue weighted by Crippen LogP contribution is -2.38. The quantitative estimate of drug-likeness (QED) is 0.238. The van der Waals surface area contributed by atoms with Crippen molar-refractivity contribution >= 4 is 11.9 Å². The summed E-state index contributed by atoms with van der Waals surface area (Å²) in [5.74, 6) is 0.820. The molecular weight excluding hydrogens is 368 g/mol. The molecule has 1 unspecified atom stereocenters. The van der Waals surface area contributed by atoms with Gasteiger partial charge in [-0.25, -0.2) is 4.79 Å². The number of unbranched alkanes of at least 4 members (excludes halogenated alkanes) is 2. The molecular formula is C23H36N2O4. The van der Waals surface area contributed by atoms with Gasteiger partial charge in [0.15, 0.2) is 11.5 Å². The third kappa shape index (κ3) is 9.61. The molecule has 1 aromatic carbocycles. The Bertz CT molecular complexity index is 683. The first-order valence-corrected chi connectivity index (χ1v) is 10.3. The summed E-state index contributed by atoms with van der Waals surface area (Å²) in [6.45, 7) is 8.41. The average molecular weight is 405 g/mol. The van der Waals surface area contributed by atoms with Gasteiger partial charge >= 0.3 is 5.97 Å². The zero-order valence-electron chi connectivity index (χ0n) is 18.4. The fraction of sp³-hybridized carbons (Fsp3) is 0.565. The first-order valence-electron chi connectivity index (χ1n) is 10.3. The van der Waals surface area contributed by atoms with Crippen LogP contribution in [0.1, 0.15) is 58.9 Å². The summed E-state index contributed by atoms with van der Waals surface area (Å²) in [6, 6.07) is 4.51. The molecule has 0 aliphatic rings. The molecule has 0 aromatic heterocycles. The van der Waals surface area contributed by atoms with Crippen LogP contribution in [0.25, 0.3) is 0 Å². The molecule has 6 nitrogen and oxygen atoms in total. The third-order valence-corrected chi connectivity index (χ3v) is 4.46. The van der Waals surface area contributed by atoms with Gasteiger partial charge in [-0.05, 0) is 48.8 Å². The third-order valence-electron chi connectivity index (χ3n) is 4.46. The summed E-state index contributed by atoms with van der Waals surface area (Å²) in [6.07, 6.45) is 7.74. The molecule has 0 fully saturated rings. The molecule has 1 aromatic rings. The van der Waals surface area contributed by atoms with Crippen LogP contribution in [-0.2, 0) is 16.1 Å². The van der Waals surface area contributed by atoms with Crippen LogP contribution in [-0.4, -0.2) is 25.0 Å². The topological polar surface area (TPSA) is 90.6 Å². The average Bonchev–Trinajstić information content (AvgIpc) is 2.68. The molecule has 3 N–H and O–H groups in total. The van der Waals surface area contributed by atoms with Crippen molar-refractivity contribution in [2.45, 2.75) is 66.0 Å². The predicted octanol–water partition coefficient (Wildman–Crippen LogP) is 3.97. The van der Waals surface area contributed by atoms with Crippen molar-refractivity contribution < 1.29 is 19.1 Å². The van der Waals surface area contributed by atoms with E-state index < -0.39 is 12.0 Å². The van der Waals surface area contributed by atoms with Crippen LogP contribution in [0.5, 0.6) is 11.5 Å². The molecule has 0 bridgehead atoms. The molecule has 0 saturated carbocycles. The summed E-state index contributed by atoms with van der Waals surface area (Å²) in [5, 5.41) is 2.91. The van der Waals surface area contributed by atoms with Crippen LogP contribution >= 0.6 is 0 Å². The Hall–Kier alpha value is -2.34. The molecule has 1 atom stereocenters. The highest BCUT2D eigenvalue weighted by Crippen LogP contribution is 2.28. The van der Waals surface area contributed by atoms with Gasteiger partial charge in [-0.1, -0.05) is 45.9 Å². The van der Waals surface area contributed by atoms with Crippen molar-refractivity contribution in [3.63, 3.8) is 0 Å². The maximum absolute atomic E-state index is 12.1. The van der Waals surface area contributed by atoms with Gasteiger partial charge in [0.05, 0.1) is 7.11 Å². The SMILES string of the molecule is COc1cc(CNC(=O)CCCC/C=C/C(C)C)ccc1OC(=O)C(N)C(C)C. The van der Waals surface area contributed by atoms with Crippen molar-refractivity contribution in [1.29, 1.82) is 0 Å². The molecule has 162 valence electrons. The molecule has 0 aliphatic heterocycles. The number of carbonyl (C=O) groups is 2. The minimum absolute atomic E-state index is 0.0193. The number of rotatable bonds is 12. The second-order valence-electron chi connectivity index (χ2n) is 7.87. The molecule has 0 heterocycles. The number of esters is 1. The Labute approximate surface area is 174 Å². The van der Waals surface area contributed by atoms with E-state index in [9.17, 15) is 9.59 Å². The number of methoxy groups -OCH3 is 1. The highest BCUT2D eigenvalue weighted by molar-refractivity contribution is 5.79. The van der Waals surface area contributed by atoms with Gasteiger partial charge in [0.1, 0.15) is 6.04 Å². The number of carbonyl (C=O) groups excluding carboxylic acids is 2. The van der Waals surface area contributed by atoms with Crippen molar-refractivity contribution in [3.05, 3.63) is 35.9 Å². The van der Waals surface area contributed by atoms with E-state index in [2.05, 4.69) is 31.3 Å². The lowest BCUT2D eigenvalue weighted by molar-refractivity contribution is -0.137. The lowest BCUT2D eigenvalue weighted by atomic mass is 10.1. The number of allylic oxidation sites excluding steroid dienone is 2. The normalized spacial score (nSPS) is 12.4. The highest BCUT2D eigenvalue weighted by Gasteiger charge is 2.21. The van der Waals surface area contributed by atoms with Crippen molar-refractivity contribution in [2.24, 2.45) is 17.6 Å². The lowest BCUT2D eigenvalue weighted by Gasteiger charge is -2.16. The number of nitrogens with one attached hydrogen (secondary N) is 1. The Kier molecular flexibility index (Phi) is 11.1. The zero-order valence-corrected chi connectivity index (χ0v) is 18.4. The molecule has 0 spiro atoms. The van der Waals surface area contributed by atoms with Crippen LogP contribution < -0.4 is 20.5 Å². The van der Waals surface area contributed by atoms with Crippen LogP contribution in [0.3, 0.4) is 0 Å². The van der Waals surface area contributed by atoms with Crippen LogP contribution in [0.15, 0.2) is 30.4 Å². The smallest absolute Gasteiger partial charge is 0.328 e. The Morgan fingerprint density at radius 2 is 1.86 bits per heavy atom. The Morgan fingerprint density at radius 3 is 2.48 bits per heavy atom. The molecule has 1 rings (SSSR count). The predicted molar refractivity (Wildman–Crippen MR) is 116 cm³/mol. The van der Waals surface area contributed by atoms with Crippen LogP contribution in [0, 0.1) is 11.8 Å². The van der Waals surface area contributed by atoms with E-state index >= 15 is 0 Å². The highest BCUT2D eigenvalue weighted by atomic mass is 16.6. The summed E-state index contributed by atoms with van der Waals surface area (Å²) >= 11 is 0. The minimum atomic E-state index is -0.695. The van der Waals surface area contributed by atoms with E-state index in [1.54, 1.807) is 18.2 Å². The van der Waals surface area contributed by atoms with Crippen molar-refractivity contribution in [2.75, 3.05) is 7.11 Å². The number of benzene rings is 1. The zero-order chi connectivity index (χ0) is 21.8. The number of nitrogens with two attached hydrogens (primary N) is 1. The Morgan fingerprint density at radius 1 is 1.14 bits per heavy atom. The Balaban J connectivity index is 2.49. The maximum Gasteiger partial charge on any atom is 0.328 e. The first-order chi connectivity index (χ1) is 13.7. The van der Waals surface area contributed by atoms with Gasteiger partial charge in [-0.2, -0.15) is 0 Å². The van der Waals surface area contributed by atoms with Crippen molar-refractivity contribution in [1.82, 2.24) is 5.32 Å². The molecule has 0 saturated heterocycles. The van der Waals surface area contributed by atoms with E-state index in [0.29, 0.717) is 30.4 Å². The summed E-state index contributed by atoms with van der Waals surface area (Å²) in [5.41, 5.74) is 6.69. The van der Waals surface area contributed by atoms with Crippen LogP contribution in [0.4, 0.5) is 0 Å². The van der Waals surface area contributed by atoms with Crippen molar-refractivity contribution in [3.8, 4) is 11.5 Å². The van der Waals surface area contributed by atoms with E-state index in [1.807, 2.05) is 13.8 Å². The summed E-state index contributed by atoms with van der Waals surface area (Å²) < 4.78 is 10.7. The van der Waals surface area contributed by atoms with Gasteiger partial charge in [-0.15, -0.1) is 0 Å². The second-order valence-corrected chi connectivity index (χ2v) is 7.87. The van der Waals surface area contributed by atoms with E-state index in [-0.39, 0.29) is 11.8 Å². The maximum atomic E-state index is 12.1. The molecule has 6 heteroatoms. The largest absolute Gasteiger partial charge is 0.493 e. The number of ether oxygens (including phenoxy) is 2. The van der Waals surface area contributed by atoms with E-state index in [0.717, 1.165) is 24.8 Å². The first kappa shape index (κ1) is 24.7. The monoisotopic (exact) mass is 404 g/mol. The molecule has 29 heavy (non-hydrogen) atoms. The molecule has 1 amide bonds. The van der Waals surface area contributed by atoms with Gasteiger partial charge in [-0.3, -0.25) is 4.79 Å². The van der Waals surface area contributed by atoms with Crippen LogP contribution in [0.2, 0.25) is 0 Å². The second kappa shape index (κ2) is 13.0. The van der Waals surface area contributed by atoms with E-state index in [4.69, 9.17) is 15.2 Å². The fourth-order valence-electron chi connectivity index (χ4n) is 2.56. The van der Waals surface area contributed by atoms with Gasteiger partial charge < -0.3 is 20.5 Å².